The molecule has 1 atom stereocenters. The van der Waals surface area contributed by atoms with Crippen molar-refractivity contribution in [1.82, 2.24) is 0 Å². The first-order valence-corrected chi connectivity index (χ1v) is 8.27. The van der Waals surface area contributed by atoms with Gasteiger partial charge in [0.2, 0.25) is 0 Å². The van der Waals surface area contributed by atoms with Crippen LogP contribution in [0, 0.1) is 0 Å². The molecular weight excluding hydrogens is 252 g/mol. The van der Waals surface area contributed by atoms with Gasteiger partial charge < -0.3 is 5.11 Å². The van der Waals surface area contributed by atoms with Crippen LogP contribution in [-0.4, -0.2) is 5.11 Å². The van der Waals surface area contributed by atoms with E-state index in [-0.39, 0.29) is 11.5 Å². The van der Waals surface area contributed by atoms with Gasteiger partial charge in [-0.1, -0.05) is 39.7 Å². The molecule has 0 spiro atoms. The van der Waals surface area contributed by atoms with Gasteiger partial charge in [0.15, 0.2) is 0 Å². The lowest BCUT2D eigenvalue weighted by Gasteiger charge is -2.18. The minimum Gasteiger partial charge on any atom is -0.383 e. The van der Waals surface area contributed by atoms with Crippen LogP contribution in [0.1, 0.15) is 75.2 Å². The zero-order valence-corrected chi connectivity index (χ0v) is 13.2. The topological polar surface area (TPSA) is 20.2 Å². The van der Waals surface area contributed by atoms with Gasteiger partial charge in [0.05, 0.1) is 0 Å². The summed E-state index contributed by atoms with van der Waals surface area (Å²) in [6, 6.07) is 4.28. The third-order valence-corrected chi connectivity index (χ3v) is 5.38. The summed E-state index contributed by atoms with van der Waals surface area (Å²) < 4.78 is 0. The van der Waals surface area contributed by atoms with E-state index in [4.69, 9.17) is 0 Å². The van der Waals surface area contributed by atoms with Gasteiger partial charge in [0.1, 0.15) is 6.10 Å². The molecule has 0 radical (unpaired) electrons. The zero-order valence-electron chi connectivity index (χ0n) is 12.4. The standard InChI is InChI=1S/C17H26OS/c1-17(2,3)15-12-11-14(19-15)16(18)13-9-7-5-4-6-8-10-13/h9,11-12,16,18H,4-8,10H2,1-3H3/b13-9+. The van der Waals surface area contributed by atoms with Crippen LogP contribution in [-0.2, 0) is 5.41 Å². The molecule has 2 heteroatoms. The summed E-state index contributed by atoms with van der Waals surface area (Å²) in [6.07, 6.45) is 9.23. The summed E-state index contributed by atoms with van der Waals surface area (Å²) in [4.78, 5) is 2.46. The highest BCUT2D eigenvalue weighted by Crippen LogP contribution is 2.36. The zero-order chi connectivity index (χ0) is 13.9. The fourth-order valence-corrected chi connectivity index (χ4v) is 3.65. The van der Waals surface area contributed by atoms with Crippen molar-refractivity contribution < 1.29 is 5.11 Å². The summed E-state index contributed by atoms with van der Waals surface area (Å²) in [5, 5.41) is 10.6. The van der Waals surface area contributed by atoms with Crippen molar-refractivity contribution in [2.75, 3.05) is 0 Å². The molecule has 19 heavy (non-hydrogen) atoms. The Morgan fingerprint density at radius 1 is 1.11 bits per heavy atom. The van der Waals surface area contributed by atoms with Crippen LogP contribution >= 0.6 is 11.3 Å². The Labute approximate surface area is 121 Å². The van der Waals surface area contributed by atoms with Gasteiger partial charge in [0.25, 0.3) is 0 Å². The number of hydrogen-bond donors (Lipinski definition) is 1. The SMILES string of the molecule is CC(C)(C)c1ccc(C(O)/C2=C/CCCCCC2)s1. The van der Waals surface area contributed by atoms with Gasteiger partial charge in [-0.05, 0) is 48.8 Å². The molecule has 0 fully saturated rings. The van der Waals surface area contributed by atoms with E-state index in [0.717, 1.165) is 17.7 Å². The molecule has 0 aromatic carbocycles. The maximum absolute atomic E-state index is 10.6. The van der Waals surface area contributed by atoms with E-state index in [1.165, 1.54) is 36.1 Å². The fraction of sp³-hybridized carbons (Fsp3) is 0.647. The van der Waals surface area contributed by atoms with Crippen molar-refractivity contribution in [2.45, 2.75) is 70.8 Å². The van der Waals surface area contributed by atoms with Gasteiger partial charge in [-0.2, -0.15) is 0 Å². The van der Waals surface area contributed by atoms with Crippen molar-refractivity contribution in [2.24, 2.45) is 0 Å². The molecule has 0 saturated carbocycles. The quantitative estimate of drug-likeness (QED) is 0.722. The molecule has 0 bridgehead atoms. The van der Waals surface area contributed by atoms with E-state index in [1.807, 2.05) is 0 Å². The van der Waals surface area contributed by atoms with E-state index in [2.05, 4.69) is 39.0 Å². The van der Waals surface area contributed by atoms with E-state index < -0.39 is 0 Å². The van der Waals surface area contributed by atoms with Gasteiger partial charge in [-0.3, -0.25) is 0 Å². The number of aliphatic hydroxyl groups is 1. The molecule has 1 heterocycles. The van der Waals surface area contributed by atoms with Crippen LogP contribution in [0.3, 0.4) is 0 Å². The predicted molar refractivity (Wildman–Crippen MR) is 83.8 cm³/mol. The lowest BCUT2D eigenvalue weighted by atomic mass is 9.94. The van der Waals surface area contributed by atoms with Crippen molar-refractivity contribution in [3.63, 3.8) is 0 Å². The normalized spacial score (nSPS) is 22.2. The maximum atomic E-state index is 10.6. The number of thiophene rings is 1. The second-order valence-electron chi connectivity index (χ2n) is 6.59. The average Bonchev–Trinajstić information content (AvgIpc) is 2.76. The third kappa shape index (κ3) is 3.93. The highest BCUT2D eigenvalue weighted by atomic mass is 32.1. The molecule has 0 saturated heterocycles. The Morgan fingerprint density at radius 2 is 1.84 bits per heavy atom. The van der Waals surface area contributed by atoms with Gasteiger partial charge in [-0.15, -0.1) is 11.3 Å². The summed E-state index contributed by atoms with van der Waals surface area (Å²) in [7, 11) is 0. The van der Waals surface area contributed by atoms with Gasteiger partial charge >= 0.3 is 0 Å². The fourth-order valence-electron chi connectivity index (χ4n) is 2.55. The van der Waals surface area contributed by atoms with E-state index in [0.29, 0.717) is 0 Å². The Bertz CT molecular complexity index is 436. The molecular formula is C17H26OS. The molecule has 0 amide bonds. The first-order valence-electron chi connectivity index (χ1n) is 7.45. The minimum absolute atomic E-state index is 0.179. The summed E-state index contributed by atoms with van der Waals surface area (Å²) in [6.45, 7) is 6.68. The summed E-state index contributed by atoms with van der Waals surface area (Å²) >= 11 is 1.76. The molecule has 1 aromatic heterocycles. The van der Waals surface area contributed by atoms with E-state index >= 15 is 0 Å². The molecule has 1 N–H and O–H groups in total. The molecule has 1 nitrogen and oxygen atoms in total. The Kier molecular flexibility index (Phi) is 4.86. The molecule has 1 aromatic rings. The molecule has 1 aliphatic carbocycles. The number of aliphatic hydroxyl groups excluding tert-OH is 1. The largest absolute Gasteiger partial charge is 0.383 e. The van der Waals surface area contributed by atoms with Crippen LogP contribution < -0.4 is 0 Å². The maximum Gasteiger partial charge on any atom is 0.109 e. The summed E-state index contributed by atoms with van der Waals surface area (Å²) in [5.41, 5.74) is 1.42. The van der Waals surface area contributed by atoms with Crippen molar-refractivity contribution >= 4 is 11.3 Å². The highest BCUT2D eigenvalue weighted by Gasteiger charge is 2.20. The van der Waals surface area contributed by atoms with Gasteiger partial charge in [0, 0.05) is 9.75 Å². The smallest absolute Gasteiger partial charge is 0.109 e. The first-order chi connectivity index (χ1) is 8.98. The van der Waals surface area contributed by atoms with E-state index in [9.17, 15) is 5.11 Å². The Hall–Kier alpha value is -0.600. The molecule has 106 valence electrons. The molecule has 2 rings (SSSR count). The van der Waals surface area contributed by atoms with Crippen LogP contribution in [0.15, 0.2) is 23.8 Å². The van der Waals surface area contributed by atoms with Crippen LogP contribution in [0.4, 0.5) is 0 Å². The average molecular weight is 278 g/mol. The second kappa shape index (κ2) is 6.23. The lowest BCUT2D eigenvalue weighted by Crippen LogP contribution is -2.08. The number of allylic oxidation sites excluding steroid dienone is 1. The minimum atomic E-state index is -0.376. The summed E-state index contributed by atoms with van der Waals surface area (Å²) in [5.74, 6) is 0. The van der Waals surface area contributed by atoms with E-state index in [1.54, 1.807) is 11.3 Å². The monoisotopic (exact) mass is 278 g/mol. The Balaban J connectivity index is 2.14. The van der Waals surface area contributed by atoms with Crippen molar-refractivity contribution in [3.8, 4) is 0 Å². The van der Waals surface area contributed by atoms with Gasteiger partial charge in [-0.25, -0.2) is 0 Å². The highest BCUT2D eigenvalue weighted by molar-refractivity contribution is 7.12. The van der Waals surface area contributed by atoms with Crippen molar-refractivity contribution in [1.29, 1.82) is 0 Å². The first kappa shape index (κ1) is 14.8. The predicted octanol–water partition coefficient (Wildman–Crippen LogP) is 5.36. The van der Waals surface area contributed by atoms with Crippen molar-refractivity contribution in [3.05, 3.63) is 33.5 Å². The third-order valence-electron chi connectivity index (χ3n) is 3.81. The molecule has 1 aliphatic rings. The lowest BCUT2D eigenvalue weighted by molar-refractivity contribution is 0.213. The Morgan fingerprint density at radius 3 is 2.53 bits per heavy atom. The molecule has 1 unspecified atom stereocenters. The van der Waals surface area contributed by atoms with Crippen LogP contribution in [0.2, 0.25) is 0 Å². The number of hydrogen-bond acceptors (Lipinski definition) is 2. The number of rotatable bonds is 2. The molecule has 0 aliphatic heterocycles. The van der Waals surface area contributed by atoms with Crippen LogP contribution in [0.25, 0.3) is 0 Å². The second-order valence-corrected chi connectivity index (χ2v) is 7.70. The van der Waals surface area contributed by atoms with Crippen LogP contribution in [0.5, 0.6) is 0 Å².